The second-order valence-corrected chi connectivity index (χ2v) is 11.2. The van der Waals surface area contributed by atoms with Crippen LogP contribution in [0.5, 0.6) is 5.75 Å². The number of nitrogens with zero attached hydrogens (tertiary/aromatic N) is 3. The molecule has 200 valence electrons. The van der Waals surface area contributed by atoms with Crippen LogP contribution in [0.3, 0.4) is 0 Å². The lowest BCUT2D eigenvalue weighted by Crippen LogP contribution is -2.40. The summed E-state index contributed by atoms with van der Waals surface area (Å²) in [5.74, 6) is -3.44. The van der Waals surface area contributed by atoms with Crippen LogP contribution < -0.4 is 9.64 Å². The van der Waals surface area contributed by atoms with E-state index >= 15 is 0 Å². The van der Waals surface area contributed by atoms with Gasteiger partial charge < -0.3 is 4.74 Å². The summed E-state index contributed by atoms with van der Waals surface area (Å²) in [6.45, 7) is 3.64. The van der Waals surface area contributed by atoms with Crippen molar-refractivity contribution in [3.05, 3.63) is 81.1 Å². The maximum atomic E-state index is 15.0. The molecule has 39 heavy (non-hydrogen) atoms. The van der Waals surface area contributed by atoms with E-state index in [-0.39, 0.29) is 23.6 Å². The SMILES string of the molecule is COc1ccc2c(c1)CCc1nc(N3C[C@H](C)Cc4c(C)c(F)c(F)c(F)c4CC3=O)c(-c3cccs3)nc1-2. The molecule has 1 aliphatic carbocycles. The second kappa shape index (κ2) is 9.79. The Kier molecular flexibility index (Phi) is 6.41. The molecule has 9 heteroatoms. The molecule has 1 amide bonds. The monoisotopic (exact) mass is 549 g/mol. The van der Waals surface area contributed by atoms with Crippen molar-refractivity contribution in [3.63, 3.8) is 0 Å². The molecular formula is C30H26F3N3O2S. The number of rotatable bonds is 3. The van der Waals surface area contributed by atoms with Crippen molar-refractivity contribution in [3.8, 4) is 27.6 Å². The van der Waals surface area contributed by atoms with Crippen LogP contribution in [0.4, 0.5) is 19.0 Å². The van der Waals surface area contributed by atoms with Gasteiger partial charge in [-0.2, -0.15) is 0 Å². The van der Waals surface area contributed by atoms with Gasteiger partial charge in [-0.3, -0.25) is 9.69 Å². The van der Waals surface area contributed by atoms with E-state index in [9.17, 15) is 18.0 Å². The van der Waals surface area contributed by atoms with Gasteiger partial charge in [-0.15, -0.1) is 11.3 Å². The highest BCUT2D eigenvalue weighted by atomic mass is 32.1. The maximum absolute atomic E-state index is 15.0. The van der Waals surface area contributed by atoms with E-state index in [1.54, 1.807) is 12.0 Å². The largest absolute Gasteiger partial charge is 0.497 e. The predicted molar refractivity (Wildman–Crippen MR) is 145 cm³/mol. The van der Waals surface area contributed by atoms with E-state index in [1.807, 2.05) is 42.6 Å². The van der Waals surface area contributed by atoms with Crippen molar-refractivity contribution in [2.24, 2.45) is 5.92 Å². The fourth-order valence-corrected chi connectivity index (χ4v) is 6.34. The summed E-state index contributed by atoms with van der Waals surface area (Å²) in [6, 6.07) is 9.73. The number of anilines is 1. The van der Waals surface area contributed by atoms with Gasteiger partial charge in [0.1, 0.15) is 11.4 Å². The lowest BCUT2D eigenvalue weighted by Gasteiger charge is -2.31. The Morgan fingerprint density at radius 2 is 1.85 bits per heavy atom. The molecule has 0 spiro atoms. The van der Waals surface area contributed by atoms with Gasteiger partial charge in [-0.05, 0) is 78.4 Å². The minimum atomic E-state index is -1.54. The van der Waals surface area contributed by atoms with Crippen molar-refractivity contribution in [1.29, 1.82) is 0 Å². The zero-order valence-corrected chi connectivity index (χ0v) is 22.6. The number of hydrogen-bond donors (Lipinski definition) is 0. The Hall–Kier alpha value is -3.72. The molecule has 0 radical (unpaired) electrons. The topological polar surface area (TPSA) is 55.3 Å². The molecule has 2 aliphatic rings. The normalized spacial score (nSPS) is 16.7. The van der Waals surface area contributed by atoms with E-state index in [0.717, 1.165) is 39.6 Å². The van der Waals surface area contributed by atoms with E-state index in [2.05, 4.69) is 0 Å². The van der Waals surface area contributed by atoms with Crippen molar-refractivity contribution in [2.75, 3.05) is 18.6 Å². The van der Waals surface area contributed by atoms with Crippen LogP contribution in [-0.2, 0) is 30.5 Å². The molecular weight excluding hydrogens is 523 g/mol. The summed E-state index contributed by atoms with van der Waals surface area (Å²) >= 11 is 1.49. The van der Waals surface area contributed by atoms with Crippen LogP contribution in [0, 0.1) is 30.3 Å². The van der Waals surface area contributed by atoms with Gasteiger partial charge in [0.05, 0.1) is 29.8 Å². The summed E-state index contributed by atoms with van der Waals surface area (Å²) < 4.78 is 49.1. The highest BCUT2D eigenvalue weighted by Crippen LogP contribution is 2.40. The molecule has 2 aromatic carbocycles. The third-order valence-corrected chi connectivity index (χ3v) is 8.51. The Morgan fingerprint density at radius 3 is 2.59 bits per heavy atom. The number of carbonyl (C=O) groups is 1. The molecule has 0 fully saturated rings. The first-order valence-corrected chi connectivity index (χ1v) is 13.7. The molecule has 0 saturated carbocycles. The number of amides is 1. The van der Waals surface area contributed by atoms with E-state index in [1.165, 1.54) is 18.3 Å². The summed E-state index contributed by atoms with van der Waals surface area (Å²) in [5.41, 5.74) is 4.55. The molecule has 4 aromatic rings. The van der Waals surface area contributed by atoms with Crippen LogP contribution >= 0.6 is 11.3 Å². The van der Waals surface area contributed by atoms with Crippen LogP contribution in [-0.4, -0.2) is 29.5 Å². The van der Waals surface area contributed by atoms with Crippen LogP contribution in [0.2, 0.25) is 0 Å². The molecule has 0 bridgehead atoms. The Balaban J connectivity index is 1.49. The lowest BCUT2D eigenvalue weighted by atomic mass is 9.88. The summed E-state index contributed by atoms with van der Waals surface area (Å²) in [6.07, 6.45) is 1.30. The van der Waals surface area contributed by atoms with Gasteiger partial charge in [0.2, 0.25) is 5.91 Å². The van der Waals surface area contributed by atoms with Gasteiger partial charge in [-0.25, -0.2) is 23.1 Å². The summed E-state index contributed by atoms with van der Waals surface area (Å²) in [7, 11) is 1.64. The molecule has 0 unspecified atom stereocenters. The predicted octanol–water partition coefficient (Wildman–Crippen LogP) is 6.47. The zero-order valence-electron chi connectivity index (χ0n) is 21.8. The van der Waals surface area contributed by atoms with Gasteiger partial charge in [0.15, 0.2) is 23.3 Å². The quantitative estimate of drug-likeness (QED) is 0.275. The molecule has 3 heterocycles. The minimum absolute atomic E-state index is 0.0557. The molecule has 0 saturated heterocycles. The summed E-state index contributed by atoms with van der Waals surface area (Å²) in [4.78, 5) is 26.2. The Bertz CT molecular complexity index is 1620. The van der Waals surface area contributed by atoms with Gasteiger partial charge >= 0.3 is 0 Å². The molecule has 6 rings (SSSR count). The first-order valence-electron chi connectivity index (χ1n) is 12.8. The number of thiophene rings is 1. The number of fused-ring (bicyclic) bond motifs is 4. The number of hydrogen-bond acceptors (Lipinski definition) is 5. The number of benzene rings is 2. The van der Waals surface area contributed by atoms with Gasteiger partial charge in [0.25, 0.3) is 0 Å². The Morgan fingerprint density at radius 1 is 1.03 bits per heavy atom. The van der Waals surface area contributed by atoms with Crippen molar-refractivity contribution < 1.29 is 22.7 Å². The van der Waals surface area contributed by atoms with Gasteiger partial charge in [0, 0.05) is 17.7 Å². The van der Waals surface area contributed by atoms with E-state index in [4.69, 9.17) is 14.7 Å². The average Bonchev–Trinajstić information content (AvgIpc) is 3.48. The summed E-state index contributed by atoms with van der Waals surface area (Å²) in [5, 5.41) is 1.93. The third-order valence-electron chi connectivity index (χ3n) is 7.63. The first-order chi connectivity index (χ1) is 18.8. The number of carbonyl (C=O) groups excluding carboxylic acids is 1. The second-order valence-electron chi connectivity index (χ2n) is 10.2. The van der Waals surface area contributed by atoms with Crippen molar-refractivity contribution in [1.82, 2.24) is 9.97 Å². The molecule has 1 atom stereocenters. The fraction of sp³-hybridized carbons (Fsp3) is 0.300. The standard InChI is InChI=1S/C30H26F3N3O2S/c1-15-11-20-16(2)25(31)27(33)26(32)21(20)13-24(37)36(14-15)30-29(23-5-4-10-39-23)35-28-19-8-7-18(38-3)12-17(19)6-9-22(28)34-30/h4-5,7-8,10,12,15H,6,9,11,13-14H2,1-3H3/t15-/m1/s1. The number of aromatic nitrogens is 2. The highest BCUT2D eigenvalue weighted by molar-refractivity contribution is 7.13. The van der Waals surface area contributed by atoms with Crippen LogP contribution in [0.1, 0.15) is 34.9 Å². The number of ether oxygens (including phenoxy) is 1. The van der Waals surface area contributed by atoms with E-state index < -0.39 is 29.8 Å². The molecule has 5 nitrogen and oxygen atoms in total. The Labute approximate surface area is 228 Å². The smallest absolute Gasteiger partial charge is 0.232 e. The highest BCUT2D eigenvalue weighted by Gasteiger charge is 2.33. The molecule has 0 N–H and O–H groups in total. The first kappa shape index (κ1) is 25.6. The number of methoxy groups -OCH3 is 1. The fourth-order valence-electron chi connectivity index (χ4n) is 5.63. The lowest BCUT2D eigenvalue weighted by molar-refractivity contribution is -0.118. The average molecular weight is 550 g/mol. The number of aryl methyl sites for hydroxylation is 2. The molecule has 1 aliphatic heterocycles. The third kappa shape index (κ3) is 4.29. The van der Waals surface area contributed by atoms with E-state index in [0.29, 0.717) is 29.9 Å². The van der Waals surface area contributed by atoms with Crippen LogP contribution in [0.25, 0.3) is 21.8 Å². The maximum Gasteiger partial charge on any atom is 0.232 e. The van der Waals surface area contributed by atoms with Crippen molar-refractivity contribution >= 4 is 23.1 Å². The minimum Gasteiger partial charge on any atom is -0.497 e. The van der Waals surface area contributed by atoms with Crippen LogP contribution in [0.15, 0.2) is 35.7 Å². The zero-order chi connectivity index (χ0) is 27.4. The van der Waals surface area contributed by atoms with Gasteiger partial charge in [-0.1, -0.05) is 13.0 Å². The van der Waals surface area contributed by atoms with Crippen molar-refractivity contribution in [2.45, 2.75) is 39.5 Å². The number of halogens is 3. The molecule has 2 aromatic heterocycles.